The van der Waals surface area contributed by atoms with E-state index in [1.807, 2.05) is 36.4 Å². The Hall–Kier alpha value is -4.91. The Kier molecular flexibility index (Phi) is 4.64. The summed E-state index contributed by atoms with van der Waals surface area (Å²) in [5.74, 6) is -0.367. The van der Waals surface area contributed by atoms with Crippen molar-refractivity contribution in [2.75, 3.05) is 5.32 Å². The largest absolute Gasteiger partial charge is 0.321 e. The van der Waals surface area contributed by atoms with Crippen molar-refractivity contribution in [3.05, 3.63) is 119 Å². The van der Waals surface area contributed by atoms with Gasteiger partial charge in [-0.1, -0.05) is 54.6 Å². The van der Waals surface area contributed by atoms with E-state index < -0.39 is 5.91 Å². The average Bonchev–Trinajstić information content (AvgIpc) is 3.28. The van der Waals surface area contributed by atoms with E-state index in [0.29, 0.717) is 28.2 Å². The zero-order valence-electron chi connectivity index (χ0n) is 18.6. The number of hydrogen-bond acceptors (Lipinski definition) is 5. The van der Waals surface area contributed by atoms with Crippen molar-refractivity contribution in [1.29, 1.82) is 0 Å². The fraction of sp³-hybridized carbons (Fsp3) is 0.0357. The van der Waals surface area contributed by atoms with Crippen LogP contribution in [0, 0.1) is 6.92 Å². The molecule has 1 aliphatic rings. The van der Waals surface area contributed by atoms with Gasteiger partial charge in [-0.05, 0) is 31.2 Å². The average molecular weight is 458 g/mol. The number of carbonyl (C=O) groups excluding carboxylic acids is 3. The summed E-state index contributed by atoms with van der Waals surface area (Å²) < 4.78 is 1.60. The van der Waals surface area contributed by atoms with Gasteiger partial charge < -0.3 is 5.32 Å². The highest BCUT2D eigenvalue weighted by atomic mass is 16.2. The lowest BCUT2D eigenvalue weighted by Gasteiger charge is -2.20. The van der Waals surface area contributed by atoms with E-state index >= 15 is 0 Å². The predicted octanol–water partition coefficient (Wildman–Crippen LogP) is 4.76. The highest BCUT2D eigenvalue weighted by Gasteiger charge is 2.32. The molecule has 0 unspecified atom stereocenters. The van der Waals surface area contributed by atoms with Gasteiger partial charge in [-0.2, -0.15) is 5.10 Å². The Balaban J connectivity index is 1.35. The quantitative estimate of drug-likeness (QED) is 0.413. The molecule has 0 aliphatic heterocycles. The van der Waals surface area contributed by atoms with E-state index in [-0.39, 0.29) is 28.4 Å². The summed E-state index contributed by atoms with van der Waals surface area (Å²) >= 11 is 0. The lowest BCUT2D eigenvalue weighted by Crippen LogP contribution is -2.24. The maximum Gasteiger partial charge on any atom is 0.259 e. The van der Waals surface area contributed by atoms with Gasteiger partial charge in [-0.3, -0.25) is 14.4 Å². The summed E-state index contributed by atoms with van der Waals surface area (Å²) in [6.45, 7) is 1.78. The summed E-state index contributed by atoms with van der Waals surface area (Å²) in [7, 11) is 0. The van der Waals surface area contributed by atoms with Crippen molar-refractivity contribution < 1.29 is 14.4 Å². The van der Waals surface area contributed by atoms with Gasteiger partial charge in [0.25, 0.3) is 5.91 Å². The molecular weight excluding hydrogens is 440 g/mol. The molecule has 7 nitrogen and oxygen atoms in total. The van der Waals surface area contributed by atoms with Crippen LogP contribution < -0.4 is 5.32 Å². The van der Waals surface area contributed by atoms with Crippen molar-refractivity contribution >= 4 is 34.1 Å². The smallest absolute Gasteiger partial charge is 0.259 e. The zero-order valence-corrected chi connectivity index (χ0v) is 18.6. The minimum atomic E-state index is -0.429. The molecule has 0 saturated carbocycles. The van der Waals surface area contributed by atoms with E-state index in [0.717, 1.165) is 10.9 Å². The Morgan fingerprint density at radius 3 is 2.34 bits per heavy atom. The highest BCUT2D eigenvalue weighted by Crippen LogP contribution is 2.32. The zero-order chi connectivity index (χ0) is 24.1. The number of carbonyl (C=O) groups is 3. The number of anilines is 1. The molecule has 35 heavy (non-hydrogen) atoms. The fourth-order valence-corrected chi connectivity index (χ4v) is 4.48. The van der Waals surface area contributed by atoms with Gasteiger partial charge in [-0.25, -0.2) is 9.67 Å². The Bertz CT molecular complexity index is 1700. The minimum Gasteiger partial charge on any atom is -0.321 e. The van der Waals surface area contributed by atoms with Crippen molar-refractivity contribution in [2.24, 2.45) is 0 Å². The van der Waals surface area contributed by atoms with Crippen molar-refractivity contribution in [1.82, 2.24) is 14.8 Å². The van der Waals surface area contributed by atoms with E-state index in [2.05, 4.69) is 15.4 Å². The van der Waals surface area contributed by atoms with Gasteiger partial charge >= 0.3 is 0 Å². The van der Waals surface area contributed by atoms with Crippen LogP contribution in [-0.4, -0.2) is 32.2 Å². The number of pyridine rings is 1. The molecule has 0 saturated heterocycles. The first-order valence-electron chi connectivity index (χ1n) is 11.1. The Labute approximate surface area is 200 Å². The van der Waals surface area contributed by atoms with E-state index in [1.54, 1.807) is 54.1 Å². The molecule has 0 atom stereocenters. The first-order chi connectivity index (χ1) is 17.0. The predicted molar refractivity (Wildman–Crippen MR) is 131 cm³/mol. The summed E-state index contributed by atoms with van der Waals surface area (Å²) in [5.41, 5.74) is 3.23. The molecule has 6 rings (SSSR count). The molecule has 1 aliphatic carbocycles. The van der Waals surface area contributed by atoms with Crippen molar-refractivity contribution in [3.63, 3.8) is 0 Å². The number of nitrogens with zero attached hydrogens (tertiary/aromatic N) is 3. The van der Waals surface area contributed by atoms with E-state index in [9.17, 15) is 14.4 Å². The first-order valence-corrected chi connectivity index (χ1v) is 11.1. The summed E-state index contributed by atoms with van der Waals surface area (Å²) in [6, 6.07) is 23.2. The van der Waals surface area contributed by atoms with Gasteiger partial charge in [0.15, 0.2) is 17.4 Å². The second-order valence-corrected chi connectivity index (χ2v) is 8.30. The fourth-order valence-electron chi connectivity index (χ4n) is 4.48. The Morgan fingerprint density at radius 2 is 1.51 bits per heavy atom. The highest BCUT2D eigenvalue weighted by molar-refractivity contribution is 6.30. The van der Waals surface area contributed by atoms with Crippen LogP contribution >= 0.6 is 0 Å². The number of ketones is 2. The number of rotatable bonds is 3. The summed E-state index contributed by atoms with van der Waals surface area (Å²) in [4.78, 5) is 44.1. The van der Waals surface area contributed by atoms with Crippen LogP contribution in [0.5, 0.6) is 0 Å². The SMILES string of the molecule is Cc1c(C(=O)Nc2cccc3c2C(=O)c2ccccc2C3=O)cnn1-c1ccc2ccccc2n1. The second-order valence-electron chi connectivity index (χ2n) is 8.30. The molecule has 2 aromatic heterocycles. The van der Waals surface area contributed by atoms with Gasteiger partial charge in [0.05, 0.1) is 34.2 Å². The first kappa shape index (κ1) is 20.7. The van der Waals surface area contributed by atoms with Crippen LogP contribution in [0.25, 0.3) is 16.7 Å². The molecule has 7 heteroatoms. The summed E-state index contributed by atoms with van der Waals surface area (Å²) in [6.07, 6.45) is 1.47. The topological polar surface area (TPSA) is 94.0 Å². The summed E-state index contributed by atoms with van der Waals surface area (Å²) in [5, 5.41) is 8.20. The molecule has 0 spiro atoms. The van der Waals surface area contributed by atoms with Gasteiger partial charge in [0.2, 0.25) is 0 Å². The number of benzene rings is 3. The van der Waals surface area contributed by atoms with Crippen LogP contribution in [0.15, 0.2) is 85.1 Å². The molecule has 0 fully saturated rings. The van der Waals surface area contributed by atoms with Crippen LogP contribution in [0.3, 0.4) is 0 Å². The number of fused-ring (bicyclic) bond motifs is 3. The third-order valence-electron chi connectivity index (χ3n) is 6.26. The van der Waals surface area contributed by atoms with E-state index in [1.165, 1.54) is 6.20 Å². The molecule has 5 aromatic rings. The third-order valence-corrected chi connectivity index (χ3v) is 6.26. The van der Waals surface area contributed by atoms with Crippen LogP contribution in [-0.2, 0) is 0 Å². The maximum absolute atomic E-state index is 13.2. The van der Waals surface area contributed by atoms with Crippen molar-refractivity contribution in [3.8, 4) is 5.82 Å². The molecular formula is C28H18N4O3. The minimum absolute atomic E-state index is 0.200. The number of para-hydroxylation sites is 1. The second kappa shape index (κ2) is 7.85. The molecule has 1 N–H and O–H groups in total. The molecule has 2 heterocycles. The Morgan fingerprint density at radius 1 is 0.800 bits per heavy atom. The van der Waals surface area contributed by atoms with Gasteiger partial charge in [-0.15, -0.1) is 0 Å². The number of hydrogen-bond donors (Lipinski definition) is 1. The van der Waals surface area contributed by atoms with Crippen molar-refractivity contribution in [2.45, 2.75) is 6.92 Å². The molecule has 0 bridgehead atoms. The lowest BCUT2D eigenvalue weighted by molar-refractivity contribution is 0.0978. The monoisotopic (exact) mass is 458 g/mol. The van der Waals surface area contributed by atoms with Crippen LogP contribution in [0.1, 0.15) is 47.9 Å². The molecule has 3 aromatic carbocycles. The normalized spacial score (nSPS) is 12.4. The van der Waals surface area contributed by atoms with Gasteiger partial charge in [0, 0.05) is 22.1 Å². The van der Waals surface area contributed by atoms with Crippen LogP contribution in [0.2, 0.25) is 0 Å². The molecule has 168 valence electrons. The number of nitrogens with one attached hydrogen (secondary N) is 1. The number of amides is 1. The third kappa shape index (κ3) is 3.25. The lowest BCUT2D eigenvalue weighted by atomic mass is 9.83. The van der Waals surface area contributed by atoms with Crippen LogP contribution in [0.4, 0.5) is 5.69 Å². The maximum atomic E-state index is 13.2. The molecule has 0 radical (unpaired) electrons. The van der Waals surface area contributed by atoms with Gasteiger partial charge in [0.1, 0.15) is 0 Å². The standard InChI is InChI=1S/C28H18N4O3/c1-16-21(15-29-32(16)24-14-13-17-7-2-5-11-22(17)30-24)28(35)31-23-12-6-10-20-25(23)27(34)19-9-4-3-8-18(19)26(20)33/h2-15H,1H3,(H,31,35). The van der Waals surface area contributed by atoms with E-state index in [4.69, 9.17) is 0 Å². The number of aromatic nitrogens is 3. The molecule has 1 amide bonds.